The number of benzene rings is 2. The summed E-state index contributed by atoms with van der Waals surface area (Å²) < 4.78 is 66.8. The Labute approximate surface area is 198 Å². The van der Waals surface area contributed by atoms with E-state index in [0.29, 0.717) is 37.6 Å². The smallest absolute Gasteiger partial charge is 0.370 e. The molecule has 6 nitrogen and oxygen atoms in total. The Morgan fingerprint density at radius 3 is 2.32 bits per heavy atom. The molecule has 0 unspecified atom stereocenters. The van der Waals surface area contributed by atoms with Gasteiger partial charge in [-0.15, -0.1) is 0 Å². The molecule has 1 aliphatic heterocycles. The third-order valence-corrected chi connectivity index (χ3v) is 7.81. The molecule has 0 saturated carbocycles. The van der Waals surface area contributed by atoms with Crippen molar-refractivity contribution in [2.45, 2.75) is 50.6 Å². The third kappa shape index (κ3) is 6.09. The maximum atomic E-state index is 13.2. The van der Waals surface area contributed by atoms with Crippen molar-refractivity contribution in [3.8, 4) is 0 Å². The molecular formula is C24H30F3N3O3S. The summed E-state index contributed by atoms with van der Waals surface area (Å²) >= 11 is 0. The minimum absolute atomic E-state index is 0.0830. The van der Waals surface area contributed by atoms with Crippen LogP contribution < -0.4 is 10.2 Å². The second kappa shape index (κ2) is 10.8. The van der Waals surface area contributed by atoms with E-state index in [1.54, 1.807) is 12.1 Å². The molecule has 1 saturated heterocycles. The lowest BCUT2D eigenvalue weighted by Gasteiger charge is -2.28. The average Bonchev–Trinajstić information content (AvgIpc) is 2.80. The van der Waals surface area contributed by atoms with Crippen molar-refractivity contribution < 1.29 is 26.4 Å². The first-order chi connectivity index (χ1) is 16.1. The van der Waals surface area contributed by atoms with Gasteiger partial charge in [-0.25, -0.2) is 8.42 Å². The van der Waals surface area contributed by atoms with Gasteiger partial charge in [0.1, 0.15) is 0 Å². The molecule has 0 spiro atoms. The van der Waals surface area contributed by atoms with Crippen molar-refractivity contribution in [1.82, 2.24) is 4.31 Å². The maximum Gasteiger partial charge on any atom is 0.416 e. The molecule has 0 bridgehead atoms. The molecule has 1 heterocycles. The van der Waals surface area contributed by atoms with Crippen LogP contribution in [0.15, 0.2) is 47.4 Å². The van der Waals surface area contributed by atoms with Gasteiger partial charge in [0, 0.05) is 26.2 Å². The fourth-order valence-corrected chi connectivity index (χ4v) is 5.65. The molecule has 10 heteroatoms. The minimum atomic E-state index is -4.50. The molecule has 1 N–H and O–H groups in total. The predicted molar refractivity (Wildman–Crippen MR) is 126 cm³/mol. The monoisotopic (exact) mass is 497 g/mol. The lowest BCUT2D eigenvalue weighted by molar-refractivity contribution is -0.137. The first kappa shape index (κ1) is 26.0. The molecule has 1 aliphatic rings. The second-order valence-corrected chi connectivity index (χ2v) is 10.2. The van der Waals surface area contributed by atoms with E-state index in [2.05, 4.69) is 5.32 Å². The Bertz CT molecular complexity index is 1110. The highest BCUT2D eigenvalue weighted by Crippen LogP contribution is 2.32. The van der Waals surface area contributed by atoms with Crippen molar-refractivity contribution in [1.29, 1.82) is 0 Å². The van der Waals surface area contributed by atoms with Crippen LogP contribution in [0.2, 0.25) is 0 Å². The fraction of sp³-hybridized carbons (Fsp3) is 0.458. The number of halogens is 3. The molecule has 1 fully saturated rings. The number of nitrogens with one attached hydrogen (secondary N) is 1. The van der Waals surface area contributed by atoms with E-state index >= 15 is 0 Å². The zero-order chi connectivity index (χ0) is 24.9. The highest BCUT2D eigenvalue weighted by molar-refractivity contribution is 7.89. The number of sulfonamides is 1. The molecule has 1 amide bonds. The number of carbonyl (C=O) groups excluding carboxylic acids is 1. The third-order valence-electron chi connectivity index (χ3n) is 5.92. The maximum absolute atomic E-state index is 13.2. The molecule has 34 heavy (non-hydrogen) atoms. The van der Waals surface area contributed by atoms with Gasteiger partial charge in [0.25, 0.3) is 0 Å². The largest absolute Gasteiger partial charge is 0.416 e. The summed E-state index contributed by atoms with van der Waals surface area (Å²) in [6.07, 6.45) is -2.18. The SMILES string of the molecule is CCN(CC)c1ccc(S(=O)(=O)N2CCCCC2)cc1NC(=O)Cc1cccc(C(F)(F)F)c1. The Hall–Kier alpha value is -2.59. The molecule has 3 rings (SSSR count). The lowest BCUT2D eigenvalue weighted by atomic mass is 10.1. The number of hydrogen-bond donors (Lipinski definition) is 1. The Balaban J connectivity index is 1.90. The summed E-state index contributed by atoms with van der Waals surface area (Å²) in [6.45, 7) is 6.05. The van der Waals surface area contributed by atoms with Gasteiger partial charge < -0.3 is 10.2 Å². The van der Waals surface area contributed by atoms with Gasteiger partial charge in [-0.2, -0.15) is 17.5 Å². The second-order valence-electron chi connectivity index (χ2n) is 8.24. The van der Waals surface area contributed by atoms with E-state index < -0.39 is 27.7 Å². The van der Waals surface area contributed by atoms with Crippen LogP contribution in [-0.4, -0.2) is 44.8 Å². The summed E-state index contributed by atoms with van der Waals surface area (Å²) in [6, 6.07) is 9.28. The Morgan fingerprint density at radius 2 is 1.71 bits per heavy atom. The van der Waals surface area contributed by atoms with Gasteiger partial charge in [0.15, 0.2) is 0 Å². The zero-order valence-corrected chi connectivity index (χ0v) is 20.2. The molecular weight excluding hydrogens is 467 g/mol. The van der Waals surface area contributed by atoms with Crippen LogP contribution in [0.1, 0.15) is 44.2 Å². The summed E-state index contributed by atoms with van der Waals surface area (Å²) in [5.74, 6) is -0.528. The number of rotatable bonds is 8. The summed E-state index contributed by atoms with van der Waals surface area (Å²) in [7, 11) is -3.72. The van der Waals surface area contributed by atoms with Crippen molar-refractivity contribution in [2.24, 2.45) is 0 Å². The van der Waals surface area contributed by atoms with Gasteiger partial charge in [-0.05, 0) is 56.5 Å². The van der Waals surface area contributed by atoms with Crippen LogP contribution in [0.25, 0.3) is 0 Å². The topological polar surface area (TPSA) is 69.7 Å². The van der Waals surface area contributed by atoms with Gasteiger partial charge in [-0.3, -0.25) is 4.79 Å². The molecule has 2 aromatic rings. The number of carbonyl (C=O) groups is 1. The normalized spacial score (nSPS) is 15.2. The summed E-state index contributed by atoms with van der Waals surface area (Å²) in [5.41, 5.74) is 0.365. The standard InChI is InChI=1S/C24H30F3N3O3S/c1-3-29(4-2)22-12-11-20(34(32,33)30-13-6-5-7-14-30)17-21(22)28-23(31)16-18-9-8-10-19(15-18)24(25,26)27/h8-12,15,17H,3-7,13-14,16H2,1-2H3,(H,28,31). The highest BCUT2D eigenvalue weighted by Gasteiger charge is 2.31. The summed E-state index contributed by atoms with van der Waals surface area (Å²) in [4.78, 5) is 14.8. The number of nitrogens with zero attached hydrogens (tertiary/aromatic N) is 2. The molecule has 0 aliphatic carbocycles. The fourth-order valence-electron chi connectivity index (χ4n) is 4.11. The van der Waals surface area contributed by atoms with E-state index in [1.165, 1.54) is 22.5 Å². The van der Waals surface area contributed by atoms with Crippen LogP contribution in [0.4, 0.5) is 24.5 Å². The highest BCUT2D eigenvalue weighted by atomic mass is 32.2. The van der Waals surface area contributed by atoms with Crippen molar-refractivity contribution in [3.05, 3.63) is 53.6 Å². The number of amides is 1. The van der Waals surface area contributed by atoms with Crippen LogP contribution in [-0.2, 0) is 27.4 Å². The number of anilines is 2. The van der Waals surface area contributed by atoms with Crippen LogP contribution in [0.5, 0.6) is 0 Å². The van der Waals surface area contributed by atoms with E-state index in [4.69, 9.17) is 0 Å². The van der Waals surface area contributed by atoms with E-state index in [9.17, 15) is 26.4 Å². The molecule has 2 aromatic carbocycles. The average molecular weight is 498 g/mol. The lowest BCUT2D eigenvalue weighted by Crippen LogP contribution is -2.35. The van der Waals surface area contributed by atoms with Crippen molar-refractivity contribution >= 4 is 27.3 Å². The quantitative estimate of drug-likeness (QED) is 0.563. The van der Waals surface area contributed by atoms with Crippen LogP contribution in [0, 0.1) is 0 Å². The number of hydrogen-bond acceptors (Lipinski definition) is 4. The molecule has 0 radical (unpaired) electrons. The van der Waals surface area contributed by atoms with Gasteiger partial charge in [-0.1, -0.05) is 24.6 Å². The van der Waals surface area contributed by atoms with Crippen LogP contribution >= 0.6 is 0 Å². The predicted octanol–water partition coefficient (Wildman–Crippen LogP) is 4.91. The van der Waals surface area contributed by atoms with Gasteiger partial charge in [0.2, 0.25) is 15.9 Å². The van der Waals surface area contributed by atoms with Crippen molar-refractivity contribution in [2.75, 3.05) is 36.4 Å². The minimum Gasteiger partial charge on any atom is -0.370 e. The number of piperidine rings is 1. The molecule has 186 valence electrons. The van der Waals surface area contributed by atoms with Gasteiger partial charge >= 0.3 is 6.18 Å². The Morgan fingerprint density at radius 1 is 1.03 bits per heavy atom. The summed E-state index contributed by atoms with van der Waals surface area (Å²) in [5, 5.41) is 2.74. The van der Waals surface area contributed by atoms with Crippen molar-refractivity contribution in [3.63, 3.8) is 0 Å². The van der Waals surface area contributed by atoms with E-state index in [0.717, 1.165) is 31.4 Å². The zero-order valence-electron chi connectivity index (χ0n) is 19.4. The van der Waals surface area contributed by atoms with Gasteiger partial charge in [0.05, 0.1) is 28.3 Å². The first-order valence-electron chi connectivity index (χ1n) is 11.4. The molecule has 0 atom stereocenters. The Kier molecular flexibility index (Phi) is 8.25. The van der Waals surface area contributed by atoms with E-state index in [-0.39, 0.29) is 16.9 Å². The van der Waals surface area contributed by atoms with Crippen LogP contribution in [0.3, 0.4) is 0 Å². The molecule has 0 aromatic heterocycles. The van der Waals surface area contributed by atoms with E-state index in [1.807, 2.05) is 18.7 Å². The first-order valence-corrected chi connectivity index (χ1v) is 12.9. The number of alkyl halides is 3.